The van der Waals surface area contributed by atoms with Gasteiger partial charge in [0.05, 0.1) is 0 Å². The molecule has 4 atom stereocenters. The number of benzene rings is 1. The van der Waals surface area contributed by atoms with E-state index in [0.717, 1.165) is 17.0 Å². The lowest BCUT2D eigenvalue weighted by Crippen LogP contribution is -2.24. The molecule has 1 N–H and O–H groups in total. The van der Waals surface area contributed by atoms with E-state index in [1.165, 1.54) is 30.4 Å². The normalized spacial score (nSPS) is 39.5. The number of fused-ring (bicyclic) bond motifs is 2. The molecule has 0 amide bonds. The molecule has 0 saturated heterocycles. The lowest BCUT2D eigenvalue weighted by atomic mass is 9.69. The molecular weight excluding hydrogens is 244 g/mol. The Bertz CT molecular complexity index is 574. The van der Waals surface area contributed by atoms with Crippen molar-refractivity contribution < 1.29 is 5.11 Å². The fraction of sp³-hybridized carbons (Fsp3) is 0.684. The van der Waals surface area contributed by atoms with E-state index in [1.54, 1.807) is 0 Å². The zero-order valence-corrected chi connectivity index (χ0v) is 13.8. The van der Waals surface area contributed by atoms with Gasteiger partial charge in [-0.2, -0.15) is 0 Å². The van der Waals surface area contributed by atoms with E-state index in [4.69, 9.17) is 0 Å². The first-order valence-electron chi connectivity index (χ1n) is 8.00. The Morgan fingerprint density at radius 3 is 2.25 bits per heavy atom. The summed E-state index contributed by atoms with van der Waals surface area (Å²) in [7, 11) is 0. The van der Waals surface area contributed by atoms with Crippen LogP contribution in [0.25, 0.3) is 0 Å². The molecule has 0 aliphatic heterocycles. The molecule has 110 valence electrons. The summed E-state index contributed by atoms with van der Waals surface area (Å²) < 4.78 is 0. The molecule has 0 spiro atoms. The highest BCUT2D eigenvalue weighted by Crippen LogP contribution is 2.70. The van der Waals surface area contributed by atoms with Gasteiger partial charge in [-0.25, -0.2) is 0 Å². The molecule has 20 heavy (non-hydrogen) atoms. The van der Waals surface area contributed by atoms with Crippen molar-refractivity contribution in [2.45, 2.75) is 66.7 Å². The van der Waals surface area contributed by atoms with Crippen LogP contribution >= 0.6 is 0 Å². The van der Waals surface area contributed by atoms with Gasteiger partial charge in [-0.15, -0.1) is 0 Å². The molecule has 0 radical (unpaired) electrons. The van der Waals surface area contributed by atoms with Crippen molar-refractivity contribution in [1.82, 2.24) is 0 Å². The highest BCUT2D eigenvalue weighted by molar-refractivity contribution is 5.50. The van der Waals surface area contributed by atoms with Gasteiger partial charge < -0.3 is 5.11 Å². The van der Waals surface area contributed by atoms with Crippen LogP contribution in [0.3, 0.4) is 0 Å². The summed E-state index contributed by atoms with van der Waals surface area (Å²) in [4.78, 5) is 0. The predicted octanol–water partition coefficient (Wildman–Crippen LogP) is 5.25. The monoisotopic (exact) mass is 272 g/mol. The van der Waals surface area contributed by atoms with E-state index in [1.807, 2.05) is 6.92 Å². The summed E-state index contributed by atoms with van der Waals surface area (Å²) in [5.74, 6) is 1.95. The van der Waals surface area contributed by atoms with Crippen LogP contribution in [0.1, 0.15) is 68.2 Å². The van der Waals surface area contributed by atoms with Crippen molar-refractivity contribution in [2.24, 2.45) is 16.7 Å². The maximum absolute atomic E-state index is 10.2. The summed E-state index contributed by atoms with van der Waals surface area (Å²) in [6, 6.07) is 2.25. The molecule has 0 heterocycles. The van der Waals surface area contributed by atoms with Gasteiger partial charge in [0.15, 0.2) is 0 Å². The van der Waals surface area contributed by atoms with E-state index in [-0.39, 0.29) is 0 Å². The molecule has 1 nitrogen and oxygen atoms in total. The average molecular weight is 272 g/mol. The molecule has 2 bridgehead atoms. The Morgan fingerprint density at radius 2 is 1.75 bits per heavy atom. The van der Waals surface area contributed by atoms with Crippen molar-refractivity contribution in [3.63, 3.8) is 0 Å². The number of aromatic hydroxyl groups is 1. The van der Waals surface area contributed by atoms with Gasteiger partial charge in [0.1, 0.15) is 5.75 Å². The minimum absolute atomic E-state index is 0.440. The fourth-order valence-corrected chi connectivity index (χ4v) is 5.17. The van der Waals surface area contributed by atoms with E-state index in [2.05, 4.69) is 40.7 Å². The maximum Gasteiger partial charge on any atom is 0.121 e. The number of hydrogen-bond acceptors (Lipinski definition) is 1. The van der Waals surface area contributed by atoms with E-state index >= 15 is 0 Å². The minimum atomic E-state index is 0.440. The standard InChI is InChI=1S/C19H28O/c1-11-9-15(12(2)13(3)17(11)20)16-10-18(5)7-8-19(16,6)14(18)4/h9,14,16,20H,7-8,10H2,1-6H3/t14?,16-,18+,19+/m0/s1. The first-order valence-corrected chi connectivity index (χ1v) is 8.00. The minimum Gasteiger partial charge on any atom is -0.507 e. The van der Waals surface area contributed by atoms with Gasteiger partial charge in [-0.05, 0) is 85.0 Å². The zero-order chi connectivity index (χ0) is 14.9. The van der Waals surface area contributed by atoms with Crippen LogP contribution in [0.2, 0.25) is 0 Å². The van der Waals surface area contributed by atoms with Crippen molar-refractivity contribution in [2.75, 3.05) is 0 Å². The molecule has 1 aromatic carbocycles. The van der Waals surface area contributed by atoms with Gasteiger partial charge in [-0.3, -0.25) is 0 Å². The highest BCUT2D eigenvalue weighted by Gasteiger charge is 2.60. The van der Waals surface area contributed by atoms with Crippen molar-refractivity contribution in [3.8, 4) is 5.75 Å². The Kier molecular flexibility index (Phi) is 2.81. The van der Waals surface area contributed by atoms with Crippen molar-refractivity contribution in [3.05, 3.63) is 28.3 Å². The van der Waals surface area contributed by atoms with Gasteiger partial charge in [0.25, 0.3) is 0 Å². The second-order valence-electron chi connectivity index (χ2n) is 8.02. The van der Waals surface area contributed by atoms with E-state index in [9.17, 15) is 5.11 Å². The molecule has 1 unspecified atom stereocenters. The summed E-state index contributed by atoms with van der Waals surface area (Å²) in [5.41, 5.74) is 5.87. The number of phenolic OH excluding ortho intramolecular Hbond substituents is 1. The third kappa shape index (κ3) is 1.55. The SMILES string of the molecule is Cc1cc([C@@H]2C[C@@]3(C)CC[C@]2(C)C3C)c(C)c(C)c1O. The maximum atomic E-state index is 10.2. The second-order valence-corrected chi connectivity index (χ2v) is 8.02. The summed E-state index contributed by atoms with van der Waals surface area (Å²) >= 11 is 0. The lowest BCUT2D eigenvalue weighted by Gasteiger charge is -2.35. The topological polar surface area (TPSA) is 20.2 Å². The first-order chi connectivity index (χ1) is 9.20. The number of aryl methyl sites for hydroxylation is 1. The molecule has 2 aliphatic carbocycles. The van der Waals surface area contributed by atoms with Crippen LogP contribution in [0.15, 0.2) is 6.07 Å². The second kappa shape index (κ2) is 4.02. The number of phenols is 1. The van der Waals surface area contributed by atoms with Crippen LogP contribution in [-0.2, 0) is 0 Å². The van der Waals surface area contributed by atoms with E-state index < -0.39 is 0 Å². The van der Waals surface area contributed by atoms with Crippen molar-refractivity contribution in [1.29, 1.82) is 0 Å². The molecule has 1 heteroatoms. The van der Waals surface area contributed by atoms with Gasteiger partial charge in [0.2, 0.25) is 0 Å². The smallest absolute Gasteiger partial charge is 0.121 e. The van der Waals surface area contributed by atoms with Crippen LogP contribution in [0.5, 0.6) is 5.75 Å². The zero-order valence-electron chi connectivity index (χ0n) is 13.8. The molecule has 2 fully saturated rings. The highest BCUT2D eigenvalue weighted by atomic mass is 16.3. The number of hydrogen-bond donors (Lipinski definition) is 1. The van der Waals surface area contributed by atoms with Crippen LogP contribution < -0.4 is 0 Å². The van der Waals surface area contributed by atoms with Crippen LogP contribution in [-0.4, -0.2) is 5.11 Å². The molecular formula is C19H28O. The van der Waals surface area contributed by atoms with Crippen molar-refractivity contribution >= 4 is 0 Å². The fourth-order valence-electron chi connectivity index (χ4n) is 5.17. The molecule has 0 aromatic heterocycles. The summed E-state index contributed by atoms with van der Waals surface area (Å²) in [5, 5.41) is 10.2. The Labute approximate surface area is 123 Å². The molecule has 3 rings (SSSR count). The molecule has 2 saturated carbocycles. The summed E-state index contributed by atoms with van der Waals surface area (Å²) in [6.07, 6.45) is 4.05. The third-order valence-electron chi connectivity index (χ3n) is 7.21. The predicted molar refractivity (Wildman–Crippen MR) is 84.3 cm³/mol. The largest absolute Gasteiger partial charge is 0.507 e. The molecule has 2 aliphatic rings. The number of rotatable bonds is 1. The lowest BCUT2D eigenvalue weighted by molar-refractivity contribution is 0.225. The Balaban J connectivity index is 2.13. The Hall–Kier alpha value is -0.980. The quantitative estimate of drug-likeness (QED) is 0.740. The average Bonchev–Trinajstić information content (AvgIpc) is 2.75. The Morgan fingerprint density at radius 1 is 1.10 bits per heavy atom. The van der Waals surface area contributed by atoms with E-state index in [0.29, 0.717) is 22.5 Å². The summed E-state index contributed by atoms with van der Waals surface area (Å²) in [6.45, 7) is 13.7. The molecule has 1 aromatic rings. The van der Waals surface area contributed by atoms with Gasteiger partial charge in [-0.1, -0.05) is 26.8 Å². The van der Waals surface area contributed by atoms with Crippen LogP contribution in [0, 0.1) is 37.5 Å². The van der Waals surface area contributed by atoms with Gasteiger partial charge >= 0.3 is 0 Å². The first kappa shape index (κ1) is 14.0. The van der Waals surface area contributed by atoms with Gasteiger partial charge in [0, 0.05) is 0 Å². The van der Waals surface area contributed by atoms with Crippen LogP contribution in [0.4, 0.5) is 0 Å². The third-order valence-corrected chi connectivity index (χ3v) is 7.21.